The Labute approximate surface area is 185 Å². The third-order valence-electron chi connectivity index (χ3n) is 6.25. The third-order valence-corrected chi connectivity index (χ3v) is 6.25. The van der Waals surface area contributed by atoms with Gasteiger partial charge in [-0.15, -0.1) is 0 Å². The highest BCUT2D eigenvalue weighted by molar-refractivity contribution is 5.30. The van der Waals surface area contributed by atoms with E-state index in [4.69, 9.17) is 18.9 Å². The summed E-state index contributed by atoms with van der Waals surface area (Å²) in [4.78, 5) is 2.58. The lowest BCUT2D eigenvalue weighted by Gasteiger charge is -2.34. The molecule has 0 aliphatic carbocycles. The van der Waals surface area contributed by atoms with Crippen LogP contribution in [0.4, 0.5) is 0 Å². The van der Waals surface area contributed by atoms with Gasteiger partial charge in [-0.1, -0.05) is 24.3 Å². The van der Waals surface area contributed by atoms with E-state index in [1.54, 1.807) is 14.2 Å². The van der Waals surface area contributed by atoms with Crippen LogP contribution in [0.1, 0.15) is 30.4 Å². The summed E-state index contributed by atoms with van der Waals surface area (Å²) in [5, 5.41) is 0. The van der Waals surface area contributed by atoms with Crippen molar-refractivity contribution in [3.8, 4) is 11.5 Å². The topological polar surface area (TPSA) is 40.2 Å². The SMILES string of the molecule is COc1ccc(CC2C=CCCN2CCCC2(c3ccc(OC)cc3)OCCO2)cc1. The van der Waals surface area contributed by atoms with Crippen LogP contribution in [0.5, 0.6) is 11.5 Å². The minimum absolute atomic E-state index is 0.421. The van der Waals surface area contributed by atoms with Crippen molar-refractivity contribution in [2.24, 2.45) is 0 Å². The average Bonchev–Trinajstić information content (AvgIpc) is 3.31. The van der Waals surface area contributed by atoms with Gasteiger partial charge in [-0.25, -0.2) is 0 Å². The fourth-order valence-electron chi connectivity index (χ4n) is 4.53. The Hall–Kier alpha value is -2.34. The summed E-state index contributed by atoms with van der Waals surface area (Å²) in [5.41, 5.74) is 2.40. The molecule has 166 valence electrons. The van der Waals surface area contributed by atoms with Crippen LogP contribution in [-0.4, -0.2) is 51.5 Å². The molecule has 5 heteroatoms. The average molecular weight is 424 g/mol. The fourth-order valence-corrected chi connectivity index (χ4v) is 4.53. The molecular formula is C26H33NO4. The molecular weight excluding hydrogens is 390 g/mol. The van der Waals surface area contributed by atoms with Gasteiger partial charge in [0.1, 0.15) is 11.5 Å². The van der Waals surface area contributed by atoms with Gasteiger partial charge in [0, 0.05) is 24.6 Å². The number of hydrogen-bond donors (Lipinski definition) is 0. The predicted octanol–water partition coefficient (Wildman–Crippen LogP) is 4.56. The molecule has 0 spiro atoms. The number of nitrogens with zero attached hydrogens (tertiary/aromatic N) is 1. The van der Waals surface area contributed by atoms with Gasteiger partial charge in [0.05, 0.1) is 27.4 Å². The number of hydrogen-bond acceptors (Lipinski definition) is 5. The summed E-state index contributed by atoms with van der Waals surface area (Å²) in [7, 11) is 3.39. The Morgan fingerprint density at radius 3 is 2.23 bits per heavy atom. The first-order valence-corrected chi connectivity index (χ1v) is 11.2. The van der Waals surface area contributed by atoms with E-state index in [1.807, 2.05) is 24.3 Å². The molecule has 1 fully saturated rings. The molecule has 0 saturated carbocycles. The molecule has 1 saturated heterocycles. The van der Waals surface area contributed by atoms with Gasteiger partial charge in [-0.3, -0.25) is 4.90 Å². The van der Waals surface area contributed by atoms with Crippen molar-refractivity contribution in [1.29, 1.82) is 0 Å². The van der Waals surface area contributed by atoms with Crippen molar-refractivity contribution >= 4 is 0 Å². The normalized spacial score (nSPS) is 20.6. The highest BCUT2D eigenvalue weighted by Gasteiger charge is 2.38. The molecule has 0 aromatic heterocycles. The van der Waals surface area contributed by atoms with Gasteiger partial charge in [0.25, 0.3) is 0 Å². The molecule has 5 nitrogen and oxygen atoms in total. The van der Waals surface area contributed by atoms with Crippen molar-refractivity contribution in [2.45, 2.75) is 37.5 Å². The smallest absolute Gasteiger partial charge is 0.195 e. The predicted molar refractivity (Wildman–Crippen MR) is 122 cm³/mol. The molecule has 0 bridgehead atoms. The van der Waals surface area contributed by atoms with Crippen molar-refractivity contribution in [3.63, 3.8) is 0 Å². The van der Waals surface area contributed by atoms with E-state index in [0.717, 1.165) is 55.8 Å². The van der Waals surface area contributed by atoms with Crippen molar-refractivity contribution in [1.82, 2.24) is 4.90 Å². The van der Waals surface area contributed by atoms with Crippen molar-refractivity contribution in [2.75, 3.05) is 40.5 Å². The highest BCUT2D eigenvalue weighted by atomic mass is 16.7. The number of benzene rings is 2. The van der Waals surface area contributed by atoms with E-state index in [9.17, 15) is 0 Å². The van der Waals surface area contributed by atoms with Crippen LogP contribution < -0.4 is 9.47 Å². The molecule has 4 rings (SSSR count). The van der Waals surface area contributed by atoms with Gasteiger partial charge in [0.2, 0.25) is 0 Å². The Balaban J connectivity index is 1.37. The molecule has 2 aromatic carbocycles. The number of methoxy groups -OCH3 is 2. The minimum atomic E-state index is -0.636. The zero-order chi connectivity index (χ0) is 21.5. The lowest BCUT2D eigenvalue weighted by molar-refractivity contribution is -0.172. The fraction of sp³-hybridized carbons (Fsp3) is 0.462. The summed E-state index contributed by atoms with van der Waals surface area (Å²) < 4.78 is 22.8. The second-order valence-corrected chi connectivity index (χ2v) is 8.15. The summed E-state index contributed by atoms with van der Waals surface area (Å²) in [5.74, 6) is 1.11. The standard InChI is InChI=1S/C26H33NO4/c1-28-24-11-7-21(8-12-24)20-23-6-3-4-16-27(23)17-5-15-26(30-18-19-31-26)22-9-13-25(29-2)14-10-22/h3,6-14,23H,4-5,15-20H2,1-2H3. The van der Waals surface area contributed by atoms with E-state index in [0.29, 0.717) is 19.3 Å². The maximum Gasteiger partial charge on any atom is 0.195 e. The summed E-state index contributed by atoms with van der Waals surface area (Å²) in [6.07, 6.45) is 8.64. The van der Waals surface area contributed by atoms with Gasteiger partial charge >= 0.3 is 0 Å². The largest absolute Gasteiger partial charge is 0.497 e. The van der Waals surface area contributed by atoms with Crippen LogP contribution in [0.25, 0.3) is 0 Å². The molecule has 0 N–H and O–H groups in total. The minimum Gasteiger partial charge on any atom is -0.497 e. The van der Waals surface area contributed by atoms with Gasteiger partial charge in [-0.2, -0.15) is 0 Å². The number of ether oxygens (including phenoxy) is 4. The van der Waals surface area contributed by atoms with E-state index < -0.39 is 5.79 Å². The zero-order valence-corrected chi connectivity index (χ0v) is 18.6. The first kappa shape index (κ1) is 21.9. The summed E-state index contributed by atoms with van der Waals surface area (Å²) in [6.45, 7) is 3.39. The molecule has 1 unspecified atom stereocenters. The first-order valence-electron chi connectivity index (χ1n) is 11.2. The van der Waals surface area contributed by atoms with Crippen LogP contribution >= 0.6 is 0 Å². The Morgan fingerprint density at radius 1 is 0.935 bits per heavy atom. The maximum atomic E-state index is 6.13. The van der Waals surface area contributed by atoms with Crippen molar-refractivity contribution in [3.05, 3.63) is 71.8 Å². The zero-order valence-electron chi connectivity index (χ0n) is 18.6. The molecule has 2 aliphatic heterocycles. The lowest BCUT2D eigenvalue weighted by Crippen LogP contribution is -2.40. The molecule has 0 radical (unpaired) electrons. The van der Waals surface area contributed by atoms with Crippen LogP contribution in [-0.2, 0) is 21.7 Å². The summed E-state index contributed by atoms with van der Waals surface area (Å²) in [6, 6.07) is 16.9. The van der Waals surface area contributed by atoms with Gasteiger partial charge in [0.15, 0.2) is 5.79 Å². The Morgan fingerprint density at radius 2 is 1.58 bits per heavy atom. The maximum absolute atomic E-state index is 6.13. The number of rotatable bonds is 9. The Kier molecular flexibility index (Phi) is 7.28. The summed E-state index contributed by atoms with van der Waals surface area (Å²) >= 11 is 0. The van der Waals surface area contributed by atoms with Crippen molar-refractivity contribution < 1.29 is 18.9 Å². The molecule has 1 atom stereocenters. The molecule has 31 heavy (non-hydrogen) atoms. The second kappa shape index (κ2) is 10.3. The van der Waals surface area contributed by atoms with Crippen LogP contribution in [0.15, 0.2) is 60.7 Å². The van der Waals surface area contributed by atoms with E-state index in [2.05, 4.69) is 41.3 Å². The van der Waals surface area contributed by atoms with E-state index in [-0.39, 0.29) is 0 Å². The quantitative estimate of drug-likeness (QED) is 0.553. The second-order valence-electron chi connectivity index (χ2n) is 8.15. The monoisotopic (exact) mass is 423 g/mol. The first-order chi connectivity index (χ1) is 15.2. The third kappa shape index (κ3) is 5.29. The van der Waals surface area contributed by atoms with Gasteiger partial charge < -0.3 is 18.9 Å². The Bertz CT molecular complexity index is 841. The van der Waals surface area contributed by atoms with E-state index >= 15 is 0 Å². The lowest BCUT2D eigenvalue weighted by atomic mass is 9.98. The van der Waals surface area contributed by atoms with Crippen LogP contribution in [0.3, 0.4) is 0 Å². The molecule has 2 heterocycles. The highest BCUT2D eigenvalue weighted by Crippen LogP contribution is 2.37. The molecule has 0 amide bonds. The molecule has 2 aliphatic rings. The van der Waals surface area contributed by atoms with E-state index in [1.165, 1.54) is 5.56 Å². The van der Waals surface area contributed by atoms with Crippen LogP contribution in [0, 0.1) is 0 Å². The van der Waals surface area contributed by atoms with Crippen LogP contribution in [0.2, 0.25) is 0 Å². The molecule has 2 aromatic rings. The van der Waals surface area contributed by atoms with Gasteiger partial charge in [-0.05, 0) is 67.8 Å².